The SMILES string of the molecule is Nc1cccn2c(NC3CCCCC3)c(-c3c4ccccc4cc4ccccc34)nc12. The summed E-state index contributed by atoms with van der Waals surface area (Å²) < 4.78 is 2.13. The summed E-state index contributed by atoms with van der Waals surface area (Å²) in [7, 11) is 0. The number of imidazole rings is 1. The van der Waals surface area contributed by atoms with E-state index in [1.807, 2.05) is 12.1 Å². The second-order valence-corrected chi connectivity index (χ2v) is 8.64. The summed E-state index contributed by atoms with van der Waals surface area (Å²) in [6.07, 6.45) is 8.36. The van der Waals surface area contributed by atoms with Crippen LogP contribution in [0.4, 0.5) is 11.5 Å². The third kappa shape index (κ3) is 3.02. The van der Waals surface area contributed by atoms with Crippen molar-refractivity contribution in [3.05, 3.63) is 72.9 Å². The summed E-state index contributed by atoms with van der Waals surface area (Å²) in [6.45, 7) is 0. The van der Waals surface area contributed by atoms with Crippen molar-refractivity contribution in [3.63, 3.8) is 0 Å². The van der Waals surface area contributed by atoms with E-state index in [0.717, 1.165) is 17.2 Å². The summed E-state index contributed by atoms with van der Waals surface area (Å²) >= 11 is 0. The number of fused-ring (bicyclic) bond motifs is 3. The summed E-state index contributed by atoms with van der Waals surface area (Å²) in [5, 5.41) is 8.76. The molecule has 4 heteroatoms. The Morgan fingerprint density at radius 3 is 2.23 bits per heavy atom. The molecular formula is C27H26N4. The fourth-order valence-electron chi connectivity index (χ4n) is 5.11. The van der Waals surface area contributed by atoms with E-state index in [9.17, 15) is 0 Å². The number of benzene rings is 3. The van der Waals surface area contributed by atoms with Crippen LogP contribution >= 0.6 is 0 Å². The molecule has 2 heterocycles. The van der Waals surface area contributed by atoms with Gasteiger partial charge in [-0.25, -0.2) is 4.98 Å². The van der Waals surface area contributed by atoms with Crippen LogP contribution < -0.4 is 11.1 Å². The van der Waals surface area contributed by atoms with Gasteiger partial charge >= 0.3 is 0 Å². The van der Waals surface area contributed by atoms with Gasteiger partial charge in [-0.1, -0.05) is 67.8 Å². The number of aromatic nitrogens is 2. The zero-order valence-electron chi connectivity index (χ0n) is 17.5. The van der Waals surface area contributed by atoms with Gasteiger partial charge in [-0.15, -0.1) is 0 Å². The first-order chi connectivity index (χ1) is 15.3. The van der Waals surface area contributed by atoms with Crippen LogP contribution in [0.15, 0.2) is 72.9 Å². The highest BCUT2D eigenvalue weighted by molar-refractivity contribution is 6.13. The van der Waals surface area contributed by atoms with E-state index in [1.165, 1.54) is 59.2 Å². The van der Waals surface area contributed by atoms with Gasteiger partial charge in [0.2, 0.25) is 0 Å². The van der Waals surface area contributed by atoms with Gasteiger partial charge in [-0.3, -0.25) is 4.40 Å². The summed E-state index contributed by atoms with van der Waals surface area (Å²) in [6, 6.07) is 23.9. The quantitative estimate of drug-likeness (QED) is 0.330. The Kier molecular flexibility index (Phi) is 4.30. The zero-order valence-corrected chi connectivity index (χ0v) is 17.5. The lowest BCUT2D eigenvalue weighted by Crippen LogP contribution is -2.23. The van der Waals surface area contributed by atoms with Crippen molar-refractivity contribution in [1.29, 1.82) is 0 Å². The second-order valence-electron chi connectivity index (χ2n) is 8.64. The van der Waals surface area contributed by atoms with Gasteiger partial charge in [-0.05, 0) is 52.6 Å². The van der Waals surface area contributed by atoms with Crippen LogP contribution in [0.1, 0.15) is 32.1 Å². The molecule has 0 saturated heterocycles. The molecule has 0 bridgehead atoms. The molecule has 3 N–H and O–H groups in total. The largest absolute Gasteiger partial charge is 0.396 e. The number of nitrogens with two attached hydrogens (primary N) is 1. The minimum Gasteiger partial charge on any atom is -0.396 e. The van der Waals surface area contributed by atoms with E-state index in [0.29, 0.717) is 11.7 Å². The molecule has 0 aliphatic heterocycles. The molecule has 1 saturated carbocycles. The van der Waals surface area contributed by atoms with Crippen molar-refractivity contribution in [2.45, 2.75) is 38.1 Å². The fraction of sp³-hybridized carbons (Fsp3) is 0.222. The number of hydrogen-bond donors (Lipinski definition) is 2. The Bertz CT molecular complexity index is 1360. The van der Waals surface area contributed by atoms with Crippen LogP contribution in [0, 0.1) is 0 Å². The predicted molar refractivity (Wildman–Crippen MR) is 131 cm³/mol. The Morgan fingerprint density at radius 1 is 0.839 bits per heavy atom. The highest BCUT2D eigenvalue weighted by Gasteiger charge is 2.23. The first-order valence-corrected chi connectivity index (χ1v) is 11.2. The summed E-state index contributed by atoms with van der Waals surface area (Å²) in [4.78, 5) is 5.12. The topological polar surface area (TPSA) is 55.4 Å². The minimum absolute atomic E-state index is 0.468. The normalized spacial score (nSPS) is 15.1. The van der Waals surface area contributed by atoms with E-state index >= 15 is 0 Å². The lowest BCUT2D eigenvalue weighted by atomic mass is 9.93. The maximum atomic E-state index is 6.36. The van der Waals surface area contributed by atoms with E-state index in [4.69, 9.17) is 10.7 Å². The van der Waals surface area contributed by atoms with Gasteiger partial charge in [-0.2, -0.15) is 0 Å². The van der Waals surface area contributed by atoms with E-state index < -0.39 is 0 Å². The monoisotopic (exact) mass is 406 g/mol. The number of hydrogen-bond acceptors (Lipinski definition) is 3. The molecule has 0 spiro atoms. The Balaban J connectivity index is 1.68. The molecule has 3 aromatic carbocycles. The maximum absolute atomic E-state index is 6.36. The van der Waals surface area contributed by atoms with Crippen molar-refractivity contribution in [2.24, 2.45) is 0 Å². The number of nitrogens with one attached hydrogen (secondary N) is 1. The van der Waals surface area contributed by atoms with Crippen LogP contribution in [0.3, 0.4) is 0 Å². The van der Waals surface area contributed by atoms with Crippen LogP contribution in [0.5, 0.6) is 0 Å². The van der Waals surface area contributed by atoms with E-state index in [-0.39, 0.29) is 0 Å². The number of pyridine rings is 1. The number of nitrogen functional groups attached to an aromatic ring is 1. The van der Waals surface area contributed by atoms with Crippen molar-refractivity contribution in [2.75, 3.05) is 11.1 Å². The van der Waals surface area contributed by atoms with Gasteiger partial charge in [0.1, 0.15) is 11.5 Å². The predicted octanol–water partition coefficient (Wildman–Crippen LogP) is 6.63. The molecule has 31 heavy (non-hydrogen) atoms. The van der Waals surface area contributed by atoms with Gasteiger partial charge in [0.15, 0.2) is 5.65 Å². The van der Waals surface area contributed by atoms with Gasteiger partial charge in [0.05, 0.1) is 5.69 Å². The molecule has 1 aliphatic carbocycles. The molecule has 2 aromatic heterocycles. The van der Waals surface area contributed by atoms with Gasteiger partial charge < -0.3 is 11.1 Å². The van der Waals surface area contributed by atoms with Crippen LogP contribution in [-0.2, 0) is 0 Å². The smallest absolute Gasteiger partial charge is 0.162 e. The fourth-order valence-corrected chi connectivity index (χ4v) is 5.11. The molecule has 0 atom stereocenters. The third-order valence-corrected chi connectivity index (χ3v) is 6.63. The molecule has 5 aromatic rings. The molecular weight excluding hydrogens is 380 g/mol. The molecule has 1 aliphatic rings. The molecule has 0 radical (unpaired) electrons. The lowest BCUT2D eigenvalue weighted by molar-refractivity contribution is 0.462. The van der Waals surface area contributed by atoms with E-state index in [1.54, 1.807) is 0 Å². The maximum Gasteiger partial charge on any atom is 0.162 e. The van der Waals surface area contributed by atoms with Gasteiger partial charge in [0.25, 0.3) is 0 Å². The molecule has 154 valence electrons. The molecule has 0 amide bonds. The van der Waals surface area contributed by atoms with Crippen molar-refractivity contribution in [1.82, 2.24) is 9.38 Å². The van der Waals surface area contributed by atoms with Crippen molar-refractivity contribution in [3.8, 4) is 11.3 Å². The summed E-state index contributed by atoms with van der Waals surface area (Å²) in [5.41, 5.74) is 10.0. The highest BCUT2D eigenvalue weighted by atomic mass is 15.2. The van der Waals surface area contributed by atoms with Crippen LogP contribution in [0.25, 0.3) is 38.4 Å². The van der Waals surface area contributed by atoms with Gasteiger partial charge in [0, 0.05) is 17.8 Å². The zero-order chi connectivity index (χ0) is 20.8. The molecule has 0 unspecified atom stereocenters. The lowest BCUT2D eigenvalue weighted by Gasteiger charge is -2.24. The van der Waals surface area contributed by atoms with Crippen molar-refractivity contribution >= 4 is 38.7 Å². The van der Waals surface area contributed by atoms with Crippen LogP contribution in [-0.4, -0.2) is 15.4 Å². The first kappa shape index (κ1) is 18.3. The summed E-state index contributed by atoms with van der Waals surface area (Å²) in [5.74, 6) is 1.05. The second kappa shape index (κ2) is 7.31. The average molecular weight is 407 g/mol. The average Bonchev–Trinajstić information content (AvgIpc) is 3.17. The Hall–Kier alpha value is -3.53. The number of anilines is 2. The Labute approximate surface area is 181 Å². The molecule has 6 rings (SSSR count). The van der Waals surface area contributed by atoms with E-state index in [2.05, 4.69) is 70.5 Å². The first-order valence-electron chi connectivity index (χ1n) is 11.2. The third-order valence-electron chi connectivity index (χ3n) is 6.63. The molecule has 4 nitrogen and oxygen atoms in total. The van der Waals surface area contributed by atoms with Crippen molar-refractivity contribution < 1.29 is 0 Å². The number of nitrogens with zero attached hydrogens (tertiary/aromatic N) is 2. The minimum atomic E-state index is 0.468. The Morgan fingerprint density at radius 2 is 1.52 bits per heavy atom. The molecule has 1 fully saturated rings. The standard InChI is InChI=1S/C27H26N4/c28-23-15-8-16-31-26(23)30-25(27(31)29-20-11-2-1-3-12-20)24-21-13-6-4-9-18(21)17-19-10-5-7-14-22(19)24/h4-10,13-17,20,29H,1-3,11-12,28H2. The van der Waals surface area contributed by atoms with Crippen LogP contribution in [0.2, 0.25) is 0 Å². The highest BCUT2D eigenvalue weighted by Crippen LogP contribution is 2.41. The number of rotatable bonds is 3.